The maximum absolute atomic E-state index is 5.52. The van der Waals surface area contributed by atoms with Gasteiger partial charge in [0.15, 0.2) is 0 Å². The number of hydrogen-bond donors (Lipinski definition) is 2. The normalized spacial score (nSPS) is 10.8. The molecule has 0 spiro atoms. The van der Waals surface area contributed by atoms with Gasteiger partial charge in [-0.05, 0) is 47.8 Å². The molecule has 1 rings (SSSR count). The SMILES string of the molecule is NCC(CN)Cc1ccsc1. The first-order chi connectivity index (χ1) is 5.36. The lowest BCUT2D eigenvalue weighted by Crippen LogP contribution is -2.24. The average Bonchev–Trinajstić information content (AvgIpc) is 2.52. The van der Waals surface area contributed by atoms with E-state index in [4.69, 9.17) is 11.5 Å². The molecule has 4 N–H and O–H groups in total. The summed E-state index contributed by atoms with van der Waals surface area (Å²) in [6.45, 7) is 1.37. The Balaban J connectivity index is 2.41. The Kier molecular flexibility index (Phi) is 3.56. The second-order valence-corrected chi connectivity index (χ2v) is 3.45. The van der Waals surface area contributed by atoms with Crippen LogP contribution in [0.2, 0.25) is 0 Å². The fourth-order valence-corrected chi connectivity index (χ4v) is 1.69. The Morgan fingerprint density at radius 3 is 2.55 bits per heavy atom. The van der Waals surface area contributed by atoms with Gasteiger partial charge in [0.25, 0.3) is 0 Å². The van der Waals surface area contributed by atoms with E-state index in [9.17, 15) is 0 Å². The summed E-state index contributed by atoms with van der Waals surface area (Å²) in [5, 5.41) is 4.23. The second kappa shape index (κ2) is 4.49. The van der Waals surface area contributed by atoms with Crippen LogP contribution in [0.25, 0.3) is 0 Å². The van der Waals surface area contributed by atoms with E-state index in [-0.39, 0.29) is 0 Å². The molecule has 3 heteroatoms. The van der Waals surface area contributed by atoms with Gasteiger partial charge in [-0.3, -0.25) is 0 Å². The van der Waals surface area contributed by atoms with Crippen molar-refractivity contribution in [1.82, 2.24) is 0 Å². The minimum absolute atomic E-state index is 0.449. The van der Waals surface area contributed by atoms with Crippen molar-refractivity contribution in [1.29, 1.82) is 0 Å². The fraction of sp³-hybridized carbons (Fsp3) is 0.500. The largest absolute Gasteiger partial charge is 0.330 e. The second-order valence-electron chi connectivity index (χ2n) is 2.67. The van der Waals surface area contributed by atoms with Gasteiger partial charge >= 0.3 is 0 Å². The number of thiophene rings is 1. The van der Waals surface area contributed by atoms with Crippen LogP contribution in [0.15, 0.2) is 16.8 Å². The fourth-order valence-electron chi connectivity index (χ4n) is 1.01. The summed E-state index contributed by atoms with van der Waals surface area (Å²) >= 11 is 1.72. The smallest absolute Gasteiger partial charge is 0.00336 e. The van der Waals surface area contributed by atoms with Gasteiger partial charge in [0, 0.05) is 0 Å². The first-order valence-corrected chi connectivity index (χ1v) is 4.72. The molecule has 0 saturated carbocycles. The van der Waals surface area contributed by atoms with Crippen LogP contribution in [0, 0.1) is 5.92 Å². The Morgan fingerprint density at radius 1 is 1.36 bits per heavy atom. The van der Waals surface area contributed by atoms with Gasteiger partial charge in [-0.15, -0.1) is 0 Å². The monoisotopic (exact) mass is 170 g/mol. The maximum atomic E-state index is 5.52. The van der Waals surface area contributed by atoms with E-state index in [1.165, 1.54) is 5.56 Å². The quantitative estimate of drug-likeness (QED) is 0.703. The van der Waals surface area contributed by atoms with Gasteiger partial charge in [-0.25, -0.2) is 0 Å². The summed E-state index contributed by atoms with van der Waals surface area (Å²) in [4.78, 5) is 0. The molecule has 11 heavy (non-hydrogen) atoms. The zero-order chi connectivity index (χ0) is 8.10. The van der Waals surface area contributed by atoms with Crippen molar-refractivity contribution in [3.63, 3.8) is 0 Å². The zero-order valence-electron chi connectivity index (χ0n) is 6.49. The van der Waals surface area contributed by atoms with Gasteiger partial charge in [-0.1, -0.05) is 0 Å². The van der Waals surface area contributed by atoms with E-state index in [2.05, 4.69) is 16.8 Å². The molecule has 0 atom stereocenters. The topological polar surface area (TPSA) is 52.0 Å². The van der Waals surface area contributed by atoms with Crippen molar-refractivity contribution in [2.75, 3.05) is 13.1 Å². The third-order valence-electron chi connectivity index (χ3n) is 1.77. The van der Waals surface area contributed by atoms with Gasteiger partial charge in [0.1, 0.15) is 0 Å². The molecule has 0 aliphatic rings. The molecule has 0 aliphatic heterocycles. The highest BCUT2D eigenvalue weighted by Gasteiger charge is 2.04. The van der Waals surface area contributed by atoms with Crippen molar-refractivity contribution in [2.24, 2.45) is 17.4 Å². The summed E-state index contributed by atoms with van der Waals surface area (Å²) < 4.78 is 0. The molecule has 1 aromatic rings. The molecule has 1 aromatic heterocycles. The van der Waals surface area contributed by atoms with Crippen molar-refractivity contribution in [3.8, 4) is 0 Å². The molecule has 0 amide bonds. The van der Waals surface area contributed by atoms with E-state index < -0.39 is 0 Å². The zero-order valence-corrected chi connectivity index (χ0v) is 7.31. The number of nitrogens with two attached hydrogens (primary N) is 2. The van der Waals surface area contributed by atoms with Crippen LogP contribution in [-0.4, -0.2) is 13.1 Å². The summed E-state index contributed by atoms with van der Waals surface area (Å²) in [7, 11) is 0. The minimum atomic E-state index is 0.449. The van der Waals surface area contributed by atoms with Crippen LogP contribution in [0.5, 0.6) is 0 Å². The molecule has 0 fully saturated rings. The average molecular weight is 170 g/mol. The third kappa shape index (κ3) is 2.61. The molecule has 0 unspecified atom stereocenters. The standard InChI is InChI=1S/C8H14N2S/c9-4-8(5-10)3-7-1-2-11-6-7/h1-2,6,8H,3-5,9-10H2. The molecule has 0 aliphatic carbocycles. The van der Waals surface area contributed by atoms with Crippen LogP contribution in [-0.2, 0) is 6.42 Å². The number of rotatable bonds is 4. The molecular formula is C8H14N2S. The predicted octanol–water partition coefficient (Wildman–Crippen LogP) is 0.824. The highest BCUT2D eigenvalue weighted by Crippen LogP contribution is 2.10. The highest BCUT2D eigenvalue weighted by molar-refractivity contribution is 7.07. The van der Waals surface area contributed by atoms with Crippen molar-refractivity contribution >= 4 is 11.3 Å². The molecule has 62 valence electrons. The van der Waals surface area contributed by atoms with Crippen molar-refractivity contribution < 1.29 is 0 Å². The first kappa shape index (κ1) is 8.71. The molecular weight excluding hydrogens is 156 g/mol. The van der Waals surface area contributed by atoms with Crippen molar-refractivity contribution in [3.05, 3.63) is 22.4 Å². The number of hydrogen-bond acceptors (Lipinski definition) is 3. The Labute approximate surface area is 71.2 Å². The summed E-state index contributed by atoms with van der Waals surface area (Å²) in [6.07, 6.45) is 1.02. The van der Waals surface area contributed by atoms with Crippen LogP contribution < -0.4 is 11.5 Å². The van der Waals surface area contributed by atoms with E-state index in [1.807, 2.05) is 0 Å². The molecule has 1 heterocycles. The Bertz CT molecular complexity index is 180. The minimum Gasteiger partial charge on any atom is -0.330 e. The predicted molar refractivity (Wildman–Crippen MR) is 49.6 cm³/mol. The molecule has 0 bridgehead atoms. The van der Waals surface area contributed by atoms with Crippen LogP contribution in [0.4, 0.5) is 0 Å². The molecule has 0 radical (unpaired) electrons. The Hall–Kier alpha value is -0.380. The molecule has 0 aromatic carbocycles. The molecule has 0 saturated heterocycles. The molecule has 2 nitrogen and oxygen atoms in total. The lowest BCUT2D eigenvalue weighted by atomic mass is 10.0. The van der Waals surface area contributed by atoms with Gasteiger partial charge in [-0.2, -0.15) is 11.3 Å². The summed E-state index contributed by atoms with van der Waals surface area (Å²) in [5.74, 6) is 0.449. The maximum Gasteiger partial charge on any atom is -0.00336 e. The van der Waals surface area contributed by atoms with Gasteiger partial charge in [0.2, 0.25) is 0 Å². The van der Waals surface area contributed by atoms with E-state index in [0.717, 1.165) is 6.42 Å². The Morgan fingerprint density at radius 2 is 2.09 bits per heavy atom. The first-order valence-electron chi connectivity index (χ1n) is 3.78. The lowest BCUT2D eigenvalue weighted by Gasteiger charge is -2.09. The third-order valence-corrected chi connectivity index (χ3v) is 2.50. The van der Waals surface area contributed by atoms with Crippen LogP contribution in [0.3, 0.4) is 0 Å². The van der Waals surface area contributed by atoms with Gasteiger partial charge in [0.05, 0.1) is 0 Å². The highest BCUT2D eigenvalue weighted by atomic mass is 32.1. The lowest BCUT2D eigenvalue weighted by molar-refractivity contribution is 0.549. The van der Waals surface area contributed by atoms with Crippen LogP contribution in [0.1, 0.15) is 5.56 Å². The summed E-state index contributed by atoms with van der Waals surface area (Å²) in [6, 6.07) is 2.13. The van der Waals surface area contributed by atoms with Crippen molar-refractivity contribution in [2.45, 2.75) is 6.42 Å². The van der Waals surface area contributed by atoms with E-state index in [1.54, 1.807) is 11.3 Å². The summed E-state index contributed by atoms with van der Waals surface area (Å²) in [5.41, 5.74) is 12.4. The van der Waals surface area contributed by atoms with Gasteiger partial charge < -0.3 is 11.5 Å². The van der Waals surface area contributed by atoms with E-state index in [0.29, 0.717) is 19.0 Å². The van der Waals surface area contributed by atoms with Crippen LogP contribution >= 0.6 is 11.3 Å². The van der Waals surface area contributed by atoms with E-state index >= 15 is 0 Å².